The smallest absolute Gasteiger partial charge is 0.356 e. The second-order valence-electron chi connectivity index (χ2n) is 5.38. The summed E-state index contributed by atoms with van der Waals surface area (Å²) in [6, 6.07) is -0.582. The largest absolute Gasteiger partial charge is 0.476 e. The van der Waals surface area contributed by atoms with Gasteiger partial charge in [0.2, 0.25) is 11.8 Å². The van der Waals surface area contributed by atoms with Gasteiger partial charge in [0.05, 0.1) is 0 Å². The lowest BCUT2D eigenvalue weighted by atomic mass is 10.0. The number of aromatic nitrogens is 2. The Morgan fingerprint density at radius 3 is 2.83 bits per heavy atom. The maximum absolute atomic E-state index is 12.7. The van der Waals surface area contributed by atoms with E-state index in [0.29, 0.717) is 24.9 Å². The number of hydrogen-bond donors (Lipinski definition) is 3. The Hall–Kier alpha value is -2.03. The Morgan fingerprint density at radius 1 is 1.48 bits per heavy atom. The van der Waals surface area contributed by atoms with E-state index in [4.69, 9.17) is 5.11 Å². The highest BCUT2D eigenvalue weighted by atomic mass is 32.2. The number of aromatic carboxylic acids is 1. The summed E-state index contributed by atoms with van der Waals surface area (Å²) in [5.41, 5.74) is 1.26. The number of carboxylic acids is 1. The van der Waals surface area contributed by atoms with E-state index in [1.807, 2.05) is 6.26 Å². The fourth-order valence-electron chi connectivity index (χ4n) is 2.62. The third-order valence-electron chi connectivity index (χ3n) is 3.73. The minimum absolute atomic E-state index is 0.0438. The van der Waals surface area contributed by atoms with Gasteiger partial charge < -0.3 is 15.3 Å². The summed E-state index contributed by atoms with van der Waals surface area (Å²) in [4.78, 5) is 36.8. The molecule has 2 heterocycles. The lowest BCUT2D eigenvalue weighted by Gasteiger charge is -2.30. The molecule has 9 heteroatoms. The lowest BCUT2D eigenvalue weighted by Crippen LogP contribution is -2.49. The Labute approximate surface area is 138 Å². The number of aromatic amines is 1. The van der Waals surface area contributed by atoms with Gasteiger partial charge in [0.15, 0.2) is 5.69 Å². The molecule has 0 unspecified atom stereocenters. The molecule has 0 aliphatic carbocycles. The second kappa shape index (κ2) is 7.49. The third-order valence-corrected chi connectivity index (χ3v) is 4.38. The van der Waals surface area contributed by atoms with Gasteiger partial charge in [-0.25, -0.2) is 4.79 Å². The molecule has 23 heavy (non-hydrogen) atoms. The Balaban J connectivity index is 2.13. The van der Waals surface area contributed by atoms with Gasteiger partial charge in [-0.15, -0.1) is 0 Å². The Bertz CT molecular complexity index is 616. The van der Waals surface area contributed by atoms with Gasteiger partial charge in [-0.05, 0) is 18.4 Å². The molecule has 0 saturated carbocycles. The quantitative estimate of drug-likeness (QED) is 0.684. The molecule has 1 aliphatic heterocycles. The number of hydrogen-bond acceptors (Lipinski definition) is 5. The number of thioether (sulfide) groups is 1. The van der Waals surface area contributed by atoms with Crippen LogP contribution in [-0.2, 0) is 22.6 Å². The zero-order valence-corrected chi connectivity index (χ0v) is 13.9. The number of rotatable bonds is 6. The van der Waals surface area contributed by atoms with Crippen LogP contribution in [-0.4, -0.2) is 62.6 Å². The number of H-pyrrole nitrogens is 1. The first-order valence-corrected chi connectivity index (χ1v) is 8.67. The second-order valence-corrected chi connectivity index (χ2v) is 6.36. The molecule has 2 amide bonds. The van der Waals surface area contributed by atoms with Gasteiger partial charge in [0.1, 0.15) is 6.04 Å². The van der Waals surface area contributed by atoms with Crippen molar-refractivity contribution in [3.8, 4) is 0 Å². The summed E-state index contributed by atoms with van der Waals surface area (Å²) < 4.78 is 0. The van der Waals surface area contributed by atoms with Crippen LogP contribution in [0.4, 0.5) is 0 Å². The summed E-state index contributed by atoms with van der Waals surface area (Å²) in [6.07, 6.45) is 3.00. The summed E-state index contributed by atoms with van der Waals surface area (Å²) in [5, 5.41) is 18.4. The molecule has 0 bridgehead atoms. The molecular weight excluding hydrogens is 320 g/mol. The van der Waals surface area contributed by atoms with Crippen LogP contribution >= 0.6 is 11.8 Å². The predicted octanol–water partition coefficient (Wildman–Crippen LogP) is 0.250. The molecule has 0 saturated heterocycles. The third kappa shape index (κ3) is 4.04. The number of amides is 2. The number of nitrogens with zero attached hydrogens (tertiary/aromatic N) is 2. The van der Waals surface area contributed by atoms with E-state index in [2.05, 4.69) is 15.5 Å². The van der Waals surface area contributed by atoms with Gasteiger partial charge in [-0.3, -0.25) is 14.7 Å². The summed E-state index contributed by atoms with van der Waals surface area (Å²) in [5.74, 6) is -0.797. The van der Waals surface area contributed by atoms with E-state index in [1.165, 1.54) is 6.92 Å². The normalized spacial score (nSPS) is 15.0. The average molecular weight is 340 g/mol. The van der Waals surface area contributed by atoms with Crippen LogP contribution in [0.15, 0.2) is 0 Å². The summed E-state index contributed by atoms with van der Waals surface area (Å²) in [7, 11) is 0. The van der Waals surface area contributed by atoms with E-state index in [1.54, 1.807) is 16.7 Å². The molecule has 0 fully saturated rings. The van der Waals surface area contributed by atoms with Crippen LogP contribution in [0.5, 0.6) is 0 Å². The van der Waals surface area contributed by atoms with Crippen molar-refractivity contribution in [1.82, 2.24) is 20.4 Å². The highest BCUT2D eigenvalue weighted by Crippen LogP contribution is 2.21. The molecule has 126 valence electrons. The van der Waals surface area contributed by atoms with Crippen LogP contribution in [0.1, 0.15) is 35.1 Å². The van der Waals surface area contributed by atoms with E-state index in [0.717, 1.165) is 11.4 Å². The molecule has 0 radical (unpaired) electrons. The van der Waals surface area contributed by atoms with Crippen molar-refractivity contribution < 1.29 is 19.5 Å². The maximum atomic E-state index is 12.7. The number of carbonyl (C=O) groups excluding carboxylic acids is 2. The minimum Gasteiger partial charge on any atom is -0.476 e. The van der Waals surface area contributed by atoms with Gasteiger partial charge in [0, 0.05) is 37.7 Å². The summed E-state index contributed by atoms with van der Waals surface area (Å²) in [6.45, 7) is 2.05. The molecule has 1 aliphatic rings. The van der Waals surface area contributed by atoms with Crippen LogP contribution in [0, 0.1) is 0 Å². The van der Waals surface area contributed by atoms with Crippen LogP contribution in [0.2, 0.25) is 0 Å². The van der Waals surface area contributed by atoms with E-state index >= 15 is 0 Å². The van der Waals surface area contributed by atoms with Gasteiger partial charge in [-0.1, -0.05) is 0 Å². The van der Waals surface area contributed by atoms with Crippen molar-refractivity contribution in [2.45, 2.75) is 32.4 Å². The fraction of sp³-hybridized carbons (Fsp3) is 0.571. The molecule has 1 aromatic rings. The predicted molar refractivity (Wildman–Crippen MR) is 85.3 cm³/mol. The first kappa shape index (κ1) is 17.3. The van der Waals surface area contributed by atoms with Crippen LogP contribution in [0.25, 0.3) is 0 Å². The zero-order valence-electron chi connectivity index (χ0n) is 13.1. The molecule has 2 rings (SSSR count). The molecule has 3 N–H and O–H groups in total. The molecule has 1 aromatic heterocycles. The number of nitrogens with one attached hydrogen (secondary N) is 2. The zero-order chi connectivity index (χ0) is 17.0. The number of carbonyl (C=O) groups is 3. The van der Waals surface area contributed by atoms with Crippen molar-refractivity contribution >= 4 is 29.5 Å². The van der Waals surface area contributed by atoms with Crippen molar-refractivity contribution in [3.05, 3.63) is 17.0 Å². The van der Waals surface area contributed by atoms with Crippen molar-refractivity contribution in [3.63, 3.8) is 0 Å². The summed E-state index contributed by atoms with van der Waals surface area (Å²) >= 11 is 1.60. The van der Waals surface area contributed by atoms with Gasteiger partial charge in [0.25, 0.3) is 0 Å². The van der Waals surface area contributed by atoms with Crippen LogP contribution in [0.3, 0.4) is 0 Å². The highest BCUT2D eigenvalue weighted by molar-refractivity contribution is 7.98. The molecular formula is C14H20N4O4S. The van der Waals surface area contributed by atoms with E-state index in [9.17, 15) is 14.4 Å². The van der Waals surface area contributed by atoms with Gasteiger partial charge >= 0.3 is 5.97 Å². The van der Waals surface area contributed by atoms with Crippen molar-refractivity contribution in [2.75, 3.05) is 18.6 Å². The Kier molecular flexibility index (Phi) is 5.64. The number of carboxylic acid groups (broad SMARTS) is 1. The van der Waals surface area contributed by atoms with Crippen molar-refractivity contribution in [1.29, 1.82) is 0 Å². The van der Waals surface area contributed by atoms with Crippen molar-refractivity contribution in [2.24, 2.45) is 0 Å². The van der Waals surface area contributed by atoms with E-state index < -0.39 is 12.0 Å². The topological polar surface area (TPSA) is 115 Å². The minimum atomic E-state index is -1.11. The SMILES string of the molecule is CSCC[C@H](NC(C)=O)C(=O)N1CCc2[nH]nc(C(=O)O)c2C1. The Morgan fingerprint density at radius 2 is 2.22 bits per heavy atom. The fourth-order valence-corrected chi connectivity index (χ4v) is 3.09. The standard InChI is InChI=1S/C14H20N4O4S/c1-8(19)15-11(4-6-23-2)13(20)18-5-3-10-9(7-18)12(14(21)22)17-16-10/h11H,3-7H2,1-2H3,(H,15,19)(H,16,17)(H,21,22)/t11-/m0/s1. The molecule has 1 atom stereocenters. The average Bonchev–Trinajstić information content (AvgIpc) is 2.93. The maximum Gasteiger partial charge on any atom is 0.356 e. The lowest BCUT2D eigenvalue weighted by molar-refractivity contribution is -0.137. The monoisotopic (exact) mass is 340 g/mol. The molecule has 0 aromatic carbocycles. The van der Waals surface area contributed by atoms with E-state index in [-0.39, 0.29) is 24.1 Å². The number of fused-ring (bicyclic) bond motifs is 1. The first-order chi connectivity index (χ1) is 10.9. The molecule has 8 nitrogen and oxygen atoms in total. The van der Waals surface area contributed by atoms with Gasteiger partial charge in [-0.2, -0.15) is 16.9 Å². The first-order valence-electron chi connectivity index (χ1n) is 7.28. The molecule has 0 spiro atoms. The van der Waals surface area contributed by atoms with Crippen LogP contribution < -0.4 is 5.32 Å². The highest BCUT2D eigenvalue weighted by Gasteiger charge is 2.31.